The summed E-state index contributed by atoms with van der Waals surface area (Å²) >= 11 is 0. The number of unbranched alkanes of at least 4 members (excludes halogenated alkanes) is 17. The van der Waals surface area contributed by atoms with E-state index in [2.05, 4.69) is 55.5 Å². The van der Waals surface area contributed by atoms with Crippen LogP contribution in [0.25, 0.3) is 0 Å². The SMILES string of the molecule is CCCCCCCCCCCCCCCCCCCC(=O)O[C@@H](CO)COC(=O)CCC/C=C\C/C=C\C/C=C\C/C=C\CC[C@@H](O)CC. The molecule has 284 valence electrons. The topological polar surface area (TPSA) is 93.1 Å². The van der Waals surface area contributed by atoms with Crippen LogP contribution in [0.1, 0.15) is 187 Å². The molecule has 0 saturated heterocycles. The highest BCUT2D eigenvalue weighted by Crippen LogP contribution is 2.15. The van der Waals surface area contributed by atoms with Gasteiger partial charge in [0.2, 0.25) is 0 Å². The maximum Gasteiger partial charge on any atom is 0.306 e. The largest absolute Gasteiger partial charge is 0.462 e. The van der Waals surface area contributed by atoms with Gasteiger partial charge in [-0.2, -0.15) is 0 Å². The molecule has 0 aliphatic carbocycles. The zero-order valence-electron chi connectivity index (χ0n) is 31.8. The van der Waals surface area contributed by atoms with Crippen molar-refractivity contribution in [2.24, 2.45) is 0 Å². The molecule has 0 aliphatic heterocycles. The summed E-state index contributed by atoms with van der Waals surface area (Å²) in [5.74, 6) is -0.671. The molecular weight excluding hydrogens is 612 g/mol. The highest BCUT2D eigenvalue weighted by atomic mass is 16.6. The molecule has 0 radical (unpaired) electrons. The number of esters is 2. The molecule has 0 aliphatic rings. The average molecular weight is 689 g/mol. The molecule has 0 rings (SSSR count). The Bertz CT molecular complexity index is 845. The van der Waals surface area contributed by atoms with E-state index in [1.807, 2.05) is 6.92 Å². The van der Waals surface area contributed by atoms with Crippen molar-refractivity contribution in [3.8, 4) is 0 Å². The number of allylic oxidation sites excluding steroid dienone is 8. The van der Waals surface area contributed by atoms with Crippen LogP contribution in [0.5, 0.6) is 0 Å². The molecule has 0 aromatic rings. The number of rotatable bonds is 36. The van der Waals surface area contributed by atoms with Crippen LogP contribution in [0.4, 0.5) is 0 Å². The van der Waals surface area contributed by atoms with Gasteiger partial charge in [0.05, 0.1) is 12.7 Å². The Labute approximate surface area is 301 Å². The summed E-state index contributed by atoms with van der Waals surface area (Å²) in [5.41, 5.74) is 0. The van der Waals surface area contributed by atoms with E-state index in [1.54, 1.807) is 0 Å². The van der Waals surface area contributed by atoms with Gasteiger partial charge in [-0.05, 0) is 57.8 Å². The summed E-state index contributed by atoms with van der Waals surface area (Å²) in [6.07, 6.45) is 45.5. The summed E-state index contributed by atoms with van der Waals surface area (Å²) in [5, 5.41) is 19.1. The highest BCUT2D eigenvalue weighted by molar-refractivity contribution is 5.70. The fourth-order valence-corrected chi connectivity index (χ4v) is 5.53. The van der Waals surface area contributed by atoms with Crippen molar-refractivity contribution in [2.45, 2.75) is 199 Å². The quantitative estimate of drug-likeness (QED) is 0.0387. The number of aliphatic hydroxyl groups is 2. The smallest absolute Gasteiger partial charge is 0.306 e. The lowest BCUT2D eigenvalue weighted by Gasteiger charge is -2.15. The molecule has 2 atom stereocenters. The van der Waals surface area contributed by atoms with Gasteiger partial charge in [0, 0.05) is 12.8 Å². The lowest BCUT2D eigenvalue weighted by atomic mass is 10.0. The van der Waals surface area contributed by atoms with Gasteiger partial charge in [0.25, 0.3) is 0 Å². The van der Waals surface area contributed by atoms with Crippen molar-refractivity contribution in [2.75, 3.05) is 13.2 Å². The van der Waals surface area contributed by atoms with Crippen molar-refractivity contribution in [1.82, 2.24) is 0 Å². The minimum absolute atomic E-state index is 0.103. The molecule has 2 N–H and O–H groups in total. The predicted octanol–water partition coefficient (Wildman–Crippen LogP) is 11.6. The van der Waals surface area contributed by atoms with Gasteiger partial charge in [0.15, 0.2) is 6.10 Å². The van der Waals surface area contributed by atoms with Crippen LogP contribution in [0, 0.1) is 0 Å². The Kier molecular flexibility index (Phi) is 36.9. The maximum absolute atomic E-state index is 12.2. The highest BCUT2D eigenvalue weighted by Gasteiger charge is 2.16. The van der Waals surface area contributed by atoms with Crippen LogP contribution in [0.3, 0.4) is 0 Å². The van der Waals surface area contributed by atoms with Crippen molar-refractivity contribution in [1.29, 1.82) is 0 Å². The molecule has 0 fully saturated rings. The summed E-state index contributed by atoms with van der Waals surface area (Å²) in [6.45, 7) is 3.82. The Hall–Kier alpha value is -2.18. The van der Waals surface area contributed by atoms with Gasteiger partial charge in [0.1, 0.15) is 6.61 Å². The molecule has 0 heterocycles. The zero-order chi connectivity index (χ0) is 35.9. The van der Waals surface area contributed by atoms with Gasteiger partial charge in [-0.3, -0.25) is 9.59 Å². The van der Waals surface area contributed by atoms with E-state index < -0.39 is 6.10 Å². The van der Waals surface area contributed by atoms with E-state index in [0.717, 1.165) is 64.2 Å². The average Bonchev–Trinajstić information content (AvgIpc) is 3.10. The van der Waals surface area contributed by atoms with E-state index in [0.29, 0.717) is 19.3 Å². The normalized spacial score (nSPS) is 13.3. The molecule has 0 aromatic carbocycles. The standard InChI is InChI=1S/C43H76O6/c1-3-5-6-7-8-9-10-11-12-13-14-19-22-25-28-31-34-37-43(47)49-41(38-44)39-48-42(46)36-33-30-27-24-21-18-16-15-17-20-23-26-29-32-35-40(45)4-2/h16-18,20,24,26-27,29,40-41,44-45H,3-15,19,21-23,25,28,30-39H2,1-2H3/b18-16-,20-17-,27-24-,29-26-/t40-,41-/m0/s1. The Balaban J connectivity index is 3.65. The molecular formula is C43H76O6. The fraction of sp³-hybridized carbons (Fsp3) is 0.767. The molecule has 0 amide bonds. The first kappa shape index (κ1) is 46.8. The van der Waals surface area contributed by atoms with Crippen LogP contribution < -0.4 is 0 Å². The van der Waals surface area contributed by atoms with Gasteiger partial charge in [-0.1, -0.05) is 165 Å². The van der Waals surface area contributed by atoms with Crippen LogP contribution in [-0.2, 0) is 19.1 Å². The summed E-state index contributed by atoms with van der Waals surface area (Å²) in [7, 11) is 0. The van der Waals surface area contributed by atoms with Gasteiger partial charge in [-0.15, -0.1) is 0 Å². The molecule has 0 unspecified atom stereocenters. The second-order valence-corrected chi connectivity index (χ2v) is 13.5. The number of hydrogen-bond donors (Lipinski definition) is 2. The third-order valence-corrected chi connectivity index (χ3v) is 8.79. The molecule has 0 aromatic heterocycles. The molecule has 6 heteroatoms. The van der Waals surface area contributed by atoms with E-state index in [1.165, 1.54) is 89.9 Å². The predicted molar refractivity (Wildman–Crippen MR) is 206 cm³/mol. The van der Waals surface area contributed by atoms with Crippen LogP contribution in [0.2, 0.25) is 0 Å². The summed E-state index contributed by atoms with van der Waals surface area (Å²) in [6, 6.07) is 0. The lowest BCUT2D eigenvalue weighted by Crippen LogP contribution is -2.28. The van der Waals surface area contributed by atoms with E-state index in [-0.39, 0.29) is 31.3 Å². The third-order valence-electron chi connectivity index (χ3n) is 8.79. The van der Waals surface area contributed by atoms with Crippen molar-refractivity contribution >= 4 is 11.9 Å². The lowest BCUT2D eigenvalue weighted by molar-refractivity contribution is -0.161. The van der Waals surface area contributed by atoms with Crippen LogP contribution >= 0.6 is 0 Å². The molecule has 0 bridgehead atoms. The van der Waals surface area contributed by atoms with Crippen molar-refractivity contribution in [3.63, 3.8) is 0 Å². The minimum atomic E-state index is -0.800. The molecule has 49 heavy (non-hydrogen) atoms. The second kappa shape index (κ2) is 38.6. The first-order chi connectivity index (χ1) is 24.0. The molecule has 0 saturated carbocycles. The van der Waals surface area contributed by atoms with E-state index >= 15 is 0 Å². The second-order valence-electron chi connectivity index (χ2n) is 13.5. The van der Waals surface area contributed by atoms with Gasteiger partial charge >= 0.3 is 11.9 Å². The maximum atomic E-state index is 12.2. The van der Waals surface area contributed by atoms with Crippen LogP contribution in [-0.4, -0.2) is 47.6 Å². The Morgan fingerprint density at radius 3 is 1.45 bits per heavy atom. The molecule has 0 spiro atoms. The molecule has 6 nitrogen and oxygen atoms in total. The Morgan fingerprint density at radius 2 is 0.980 bits per heavy atom. The van der Waals surface area contributed by atoms with Crippen LogP contribution in [0.15, 0.2) is 48.6 Å². The Morgan fingerprint density at radius 1 is 0.551 bits per heavy atom. The zero-order valence-corrected chi connectivity index (χ0v) is 31.8. The van der Waals surface area contributed by atoms with Gasteiger partial charge < -0.3 is 19.7 Å². The third kappa shape index (κ3) is 36.9. The van der Waals surface area contributed by atoms with Crippen molar-refractivity contribution < 1.29 is 29.3 Å². The number of ether oxygens (including phenoxy) is 2. The summed E-state index contributed by atoms with van der Waals surface area (Å²) < 4.78 is 10.6. The van der Waals surface area contributed by atoms with Gasteiger partial charge in [-0.25, -0.2) is 0 Å². The van der Waals surface area contributed by atoms with E-state index in [9.17, 15) is 19.8 Å². The first-order valence-electron chi connectivity index (χ1n) is 20.3. The number of carbonyl (C=O) groups excluding carboxylic acids is 2. The fourth-order valence-electron chi connectivity index (χ4n) is 5.53. The monoisotopic (exact) mass is 689 g/mol. The number of carbonyl (C=O) groups is 2. The van der Waals surface area contributed by atoms with E-state index in [4.69, 9.17) is 9.47 Å². The number of aliphatic hydroxyl groups excluding tert-OH is 2. The van der Waals surface area contributed by atoms with Crippen molar-refractivity contribution in [3.05, 3.63) is 48.6 Å². The summed E-state index contributed by atoms with van der Waals surface area (Å²) in [4.78, 5) is 24.2. The number of hydrogen-bond acceptors (Lipinski definition) is 6. The first-order valence-corrected chi connectivity index (χ1v) is 20.3. The minimum Gasteiger partial charge on any atom is -0.462 e.